The second-order valence-corrected chi connectivity index (χ2v) is 9.12. The van der Waals surface area contributed by atoms with E-state index in [9.17, 15) is 8.42 Å². The molecule has 0 fully saturated rings. The van der Waals surface area contributed by atoms with Gasteiger partial charge in [0.05, 0.1) is 5.75 Å². The Labute approximate surface area is 171 Å². The van der Waals surface area contributed by atoms with E-state index in [2.05, 4.69) is 21.9 Å². The minimum absolute atomic E-state index is 0.0461. The molecule has 0 saturated heterocycles. The molecule has 2 aromatic heterocycles. The Bertz CT molecular complexity index is 1030. The molecule has 0 aliphatic rings. The van der Waals surface area contributed by atoms with Crippen molar-refractivity contribution in [1.29, 1.82) is 0 Å². The summed E-state index contributed by atoms with van der Waals surface area (Å²) < 4.78 is 29.4. The van der Waals surface area contributed by atoms with E-state index in [-0.39, 0.29) is 11.5 Å². The monoisotopic (exact) mass is 411 g/mol. The lowest BCUT2D eigenvalue weighted by Crippen LogP contribution is -2.06. The zero-order chi connectivity index (χ0) is 20.7. The van der Waals surface area contributed by atoms with Gasteiger partial charge in [-0.05, 0) is 42.2 Å². The average molecular weight is 412 g/mol. The third-order valence-electron chi connectivity index (χ3n) is 4.55. The first-order chi connectivity index (χ1) is 14.0. The number of hydrogen-bond donors (Lipinski definition) is 0. The standard InChI is InChI=1S/C22H25N3O3S/c1-3-17-14-24-22(25-15-17)10-7-19-13-21(11-12-23-19)28-20-8-5-18(6-9-20)16-29(26,27)4-2/h5-6,8-9,11-15H,3-4,7,10,16H2,1-2H3. The Morgan fingerprint density at radius 2 is 1.59 bits per heavy atom. The zero-order valence-corrected chi connectivity index (χ0v) is 17.5. The summed E-state index contributed by atoms with van der Waals surface area (Å²) in [6, 6.07) is 10.8. The highest BCUT2D eigenvalue weighted by Crippen LogP contribution is 2.23. The van der Waals surface area contributed by atoms with Gasteiger partial charge in [0.2, 0.25) is 0 Å². The molecule has 0 atom stereocenters. The second-order valence-electron chi connectivity index (χ2n) is 6.77. The lowest BCUT2D eigenvalue weighted by molar-refractivity contribution is 0.480. The first-order valence-corrected chi connectivity index (χ1v) is 11.5. The van der Waals surface area contributed by atoms with Crippen LogP contribution in [0.2, 0.25) is 0 Å². The molecule has 3 aromatic rings. The van der Waals surface area contributed by atoms with E-state index in [4.69, 9.17) is 4.74 Å². The highest BCUT2D eigenvalue weighted by atomic mass is 32.2. The molecule has 0 aliphatic carbocycles. The van der Waals surface area contributed by atoms with Crippen LogP contribution >= 0.6 is 0 Å². The Hall–Kier alpha value is -2.80. The van der Waals surface area contributed by atoms with Crippen LogP contribution in [0.3, 0.4) is 0 Å². The number of hydrogen-bond acceptors (Lipinski definition) is 6. The minimum atomic E-state index is -3.04. The molecule has 7 heteroatoms. The number of aryl methyl sites for hydroxylation is 3. The van der Waals surface area contributed by atoms with Crippen LogP contribution in [-0.2, 0) is 34.9 Å². The largest absolute Gasteiger partial charge is 0.457 e. The highest BCUT2D eigenvalue weighted by Gasteiger charge is 2.09. The van der Waals surface area contributed by atoms with Crippen molar-refractivity contribution < 1.29 is 13.2 Å². The molecule has 0 radical (unpaired) electrons. The van der Waals surface area contributed by atoms with Crippen LogP contribution in [-0.4, -0.2) is 29.1 Å². The number of pyridine rings is 1. The molecular formula is C22H25N3O3S. The predicted molar refractivity (Wildman–Crippen MR) is 113 cm³/mol. The maximum atomic E-state index is 11.7. The van der Waals surface area contributed by atoms with Gasteiger partial charge in [0, 0.05) is 42.5 Å². The summed E-state index contributed by atoms with van der Waals surface area (Å²) in [6.07, 6.45) is 7.80. The summed E-state index contributed by atoms with van der Waals surface area (Å²) >= 11 is 0. The van der Waals surface area contributed by atoms with Crippen LogP contribution in [0, 0.1) is 0 Å². The van der Waals surface area contributed by atoms with Crippen LogP contribution in [0.25, 0.3) is 0 Å². The molecule has 29 heavy (non-hydrogen) atoms. The van der Waals surface area contributed by atoms with Gasteiger partial charge in [0.25, 0.3) is 0 Å². The first-order valence-electron chi connectivity index (χ1n) is 9.69. The van der Waals surface area contributed by atoms with Crippen LogP contribution in [0.1, 0.15) is 36.5 Å². The van der Waals surface area contributed by atoms with Crippen molar-refractivity contribution in [3.8, 4) is 11.5 Å². The molecule has 0 saturated carbocycles. The first kappa shape index (κ1) is 20.9. The van der Waals surface area contributed by atoms with Gasteiger partial charge in [-0.2, -0.15) is 0 Å². The molecule has 2 heterocycles. The van der Waals surface area contributed by atoms with E-state index >= 15 is 0 Å². The lowest BCUT2D eigenvalue weighted by Gasteiger charge is -2.08. The summed E-state index contributed by atoms with van der Waals surface area (Å²) in [5.41, 5.74) is 2.78. The van der Waals surface area contributed by atoms with Gasteiger partial charge in [-0.1, -0.05) is 26.0 Å². The molecule has 152 valence electrons. The van der Waals surface area contributed by atoms with Crippen molar-refractivity contribution in [2.45, 2.75) is 38.9 Å². The second kappa shape index (κ2) is 9.60. The van der Waals surface area contributed by atoms with Gasteiger partial charge in [0.15, 0.2) is 9.84 Å². The summed E-state index contributed by atoms with van der Waals surface area (Å²) in [6.45, 7) is 3.73. The quantitative estimate of drug-likeness (QED) is 0.530. The third kappa shape index (κ3) is 6.35. The minimum Gasteiger partial charge on any atom is -0.457 e. The van der Waals surface area contributed by atoms with Crippen LogP contribution < -0.4 is 4.74 Å². The zero-order valence-electron chi connectivity index (χ0n) is 16.7. The number of benzene rings is 1. The summed E-state index contributed by atoms with van der Waals surface area (Å²) in [5, 5.41) is 0. The molecule has 3 rings (SSSR count). The topological polar surface area (TPSA) is 82.0 Å². The number of rotatable bonds is 9. The van der Waals surface area contributed by atoms with Crippen molar-refractivity contribution in [1.82, 2.24) is 15.0 Å². The fourth-order valence-electron chi connectivity index (χ4n) is 2.74. The van der Waals surface area contributed by atoms with Gasteiger partial charge < -0.3 is 4.74 Å². The van der Waals surface area contributed by atoms with E-state index in [0.29, 0.717) is 17.9 Å². The van der Waals surface area contributed by atoms with Crippen molar-refractivity contribution in [2.24, 2.45) is 0 Å². The summed E-state index contributed by atoms with van der Waals surface area (Å²) in [5.74, 6) is 2.32. The fourth-order valence-corrected chi connectivity index (χ4v) is 3.64. The van der Waals surface area contributed by atoms with Gasteiger partial charge in [-0.3, -0.25) is 4.98 Å². The Morgan fingerprint density at radius 1 is 0.862 bits per heavy atom. The van der Waals surface area contributed by atoms with Crippen molar-refractivity contribution in [3.05, 3.63) is 77.6 Å². The van der Waals surface area contributed by atoms with Crippen molar-refractivity contribution >= 4 is 9.84 Å². The van der Waals surface area contributed by atoms with Gasteiger partial charge in [-0.25, -0.2) is 18.4 Å². The smallest absolute Gasteiger partial charge is 0.154 e. The SMILES string of the molecule is CCc1cnc(CCc2cc(Oc3ccc(CS(=O)(=O)CC)cc3)ccn2)nc1. The molecule has 0 N–H and O–H groups in total. The van der Waals surface area contributed by atoms with Crippen molar-refractivity contribution in [3.63, 3.8) is 0 Å². The number of sulfone groups is 1. The number of nitrogens with zero attached hydrogens (tertiary/aromatic N) is 3. The van der Waals surface area contributed by atoms with E-state index in [1.807, 2.05) is 18.5 Å². The lowest BCUT2D eigenvalue weighted by atomic mass is 10.2. The van der Waals surface area contributed by atoms with E-state index < -0.39 is 9.84 Å². The third-order valence-corrected chi connectivity index (χ3v) is 6.20. The normalized spacial score (nSPS) is 11.4. The molecule has 0 spiro atoms. The maximum Gasteiger partial charge on any atom is 0.154 e. The summed E-state index contributed by atoms with van der Waals surface area (Å²) in [4.78, 5) is 13.2. The molecule has 0 bridgehead atoms. The molecular weight excluding hydrogens is 386 g/mol. The molecule has 0 aliphatic heterocycles. The number of ether oxygens (including phenoxy) is 1. The molecule has 1 aromatic carbocycles. The van der Waals surface area contributed by atoms with E-state index in [0.717, 1.165) is 35.5 Å². The van der Waals surface area contributed by atoms with Crippen LogP contribution in [0.5, 0.6) is 11.5 Å². The fraction of sp³-hybridized carbons (Fsp3) is 0.318. The predicted octanol–water partition coefficient (Wildman–Crippen LogP) is 3.95. The van der Waals surface area contributed by atoms with Crippen LogP contribution in [0.4, 0.5) is 0 Å². The molecule has 6 nitrogen and oxygen atoms in total. The Kier molecular flexibility index (Phi) is 6.93. The molecule has 0 amide bonds. The van der Waals surface area contributed by atoms with Crippen molar-refractivity contribution in [2.75, 3.05) is 5.75 Å². The maximum absolute atomic E-state index is 11.7. The van der Waals surface area contributed by atoms with Gasteiger partial charge in [0.1, 0.15) is 17.3 Å². The molecule has 0 unspecified atom stereocenters. The van der Waals surface area contributed by atoms with Gasteiger partial charge in [-0.15, -0.1) is 0 Å². The van der Waals surface area contributed by atoms with E-state index in [1.165, 1.54) is 0 Å². The van der Waals surface area contributed by atoms with Gasteiger partial charge >= 0.3 is 0 Å². The highest BCUT2D eigenvalue weighted by molar-refractivity contribution is 7.90. The Balaban J connectivity index is 1.60. The summed E-state index contributed by atoms with van der Waals surface area (Å²) in [7, 11) is -3.04. The Morgan fingerprint density at radius 3 is 2.24 bits per heavy atom. The van der Waals surface area contributed by atoms with Crippen LogP contribution in [0.15, 0.2) is 55.0 Å². The number of aromatic nitrogens is 3. The average Bonchev–Trinajstić information content (AvgIpc) is 2.74. The van der Waals surface area contributed by atoms with E-state index in [1.54, 1.807) is 43.5 Å².